The van der Waals surface area contributed by atoms with Crippen LogP contribution in [0, 0.1) is 5.92 Å². The van der Waals surface area contributed by atoms with E-state index in [2.05, 4.69) is 6.92 Å². The van der Waals surface area contributed by atoms with Gasteiger partial charge in [0.1, 0.15) is 0 Å². The molecule has 0 aromatic heterocycles. The third-order valence-corrected chi connectivity index (χ3v) is 4.47. The van der Waals surface area contributed by atoms with Crippen LogP contribution in [-0.2, 0) is 9.59 Å². The molecule has 0 aliphatic carbocycles. The number of hydrogen-bond donors (Lipinski definition) is 1. The molecule has 1 fully saturated rings. The summed E-state index contributed by atoms with van der Waals surface area (Å²) in [6.45, 7) is 3.47. The Morgan fingerprint density at radius 3 is 2.41 bits per heavy atom. The molecule has 1 saturated heterocycles. The number of carboxylic acid groups (broad SMARTS) is 1. The fourth-order valence-electron chi connectivity index (χ4n) is 3.23. The molecule has 4 heteroatoms. The van der Waals surface area contributed by atoms with E-state index in [0.717, 1.165) is 31.2 Å². The van der Waals surface area contributed by atoms with Gasteiger partial charge in [-0.1, -0.05) is 43.7 Å². The summed E-state index contributed by atoms with van der Waals surface area (Å²) in [6, 6.07) is 9.97. The lowest BCUT2D eigenvalue weighted by Crippen LogP contribution is -2.41. The molecule has 0 radical (unpaired) electrons. The molecular weight excluding hydrogens is 278 g/mol. The first-order chi connectivity index (χ1) is 10.6. The largest absolute Gasteiger partial charge is 0.481 e. The molecule has 1 N–H and O–H groups in total. The van der Waals surface area contributed by atoms with Crippen molar-refractivity contribution in [1.82, 2.24) is 4.90 Å². The van der Waals surface area contributed by atoms with E-state index < -0.39 is 5.97 Å². The number of likely N-dealkylation sites (tertiary alicyclic amines) is 1. The molecule has 0 saturated carbocycles. The number of hydrogen-bond acceptors (Lipinski definition) is 2. The molecular formula is C18H25NO3. The third kappa shape index (κ3) is 4.33. The molecule has 0 spiro atoms. The van der Waals surface area contributed by atoms with Crippen molar-refractivity contribution in [2.24, 2.45) is 5.92 Å². The number of carboxylic acids is 1. The molecule has 1 aromatic rings. The van der Waals surface area contributed by atoms with Crippen LogP contribution in [0.25, 0.3) is 0 Å². The molecule has 1 unspecified atom stereocenters. The van der Waals surface area contributed by atoms with E-state index in [1.54, 1.807) is 0 Å². The standard InChI is InChI=1S/C18H25NO3/c1-2-6-16(15-7-4-3-5-8-15)18(22)19-11-9-14(10-12-19)13-17(20)21/h3-5,7-8,14,16H,2,6,9-13H2,1H3,(H,20,21). The van der Waals surface area contributed by atoms with Crippen molar-refractivity contribution in [2.75, 3.05) is 13.1 Å². The zero-order valence-corrected chi connectivity index (χ0v) is 13.2. The number of rotatable bonds is 6. The predicted octanol–water partition coefficient (Wildman–Crippen LogP) is 3.28. The van der Waals surface area contributed by atoms with Gasteiger partial charge in [-0.05, 0) is 30.7 Å². The van der Waals surface area contributed by atoms with Crippen LogP contribution in [0.4, 0.5) is 0 Å². The normalized spacial score (nSPS) is 17.2. The smallest absolute Gasteiger partial charge is 0.303 e. The highest BCUT2D eigenvalue weighted by molar-refractivity contribution is 5.83. The Morgan fingerprint density at radius 1 is 1.23 bits per heavy atom. The molecule has 1 heterocycles. The zero-order valence-electron chi connectivity index (χ0n) is 13.2. The van der Waals surface area contributed by atoms with Gasteiger partial charge in [-0.25, -0.2) is 0 Å². The van der Waals surface area contributed by atoms with Gasteiger partial charge < -0.3 is 10.0 Å². The minimum absolute atomic E-state index is 0.0674. The number of nitrogens with zero attached hydrogens (tertiary/aromatic N) is 1. The van der Waals surface area contributed by atoms with E-state index >= 15 is 0 Å². The summed E-state index contributed by atoms with van der Waals surface area (Å²) >= 11 is 0. The summed E-state index contributed by atoms with van der Waals surface area (Å²) in [5.74, 6) is -0.398. The minimum atomic E-state index is -0.738. The molecule has 1 amide bonds. The van der Waals surface area contributed by atoms with Crippen LogP contribution in [0.5, 0.6) is 0 Å². The summed E-state index contributed by atoms with van der Waals surface area (Å²) in [7, 11) is 0. The van der Waals surface area contributed by atoms with Gasteiger partial charge in [0.05, 0.1) is 5.92 Å². The van der Waals surface area contributed by atoms with Gasteiger partial charge >= 0.3 is 5.97 Å². The first-order valence-corrected chi connectivity index (χ1v) is 8.17. The number of carbonyl (C=O) groups is 2. The Kier molecular flexibility index (Phi) is 5.99. The quantitative estimate of drug-likeness (QED) is 0.877. The van der Waals surface area contributed by atoms with Crippen molar-refractivity contribution in [3.63, 3.8) is 0 Å². The van der Waals surface area contributed by atoms with Gasteiger partial charge in [-0.15, -0.1) is 0 Å². The van der Waals surface area contributed by atoms with Crippen LogP contribution >= 0.6 is 0 Å². The molecule has 2 rings (SSSR count). The lowest BCUT2D eigenvalue weighted by molar-refractivity contribution is -0.139. The molecule has 1 aromatic carbocycles. The highest BCUT2D eigenvalue weighted by Gasteiger charge is 2.29. The second-order valence-corrected chi connectivity index (χ2v) is 6.12. The van der Waals surface area contributed by atoms with E-state index in [1.807, 2.05) is 35.2 Å². The van der Waals surface area contributed by atoms with Crippen LogP contribution in [0.1, 0.15) is 50.5 Å². The van der Waals surface area contributed by atoms with Crippen LogP contribution < -0.4 is 0 Å². The number of aliphatic carboxylic acids is 1. The number of carbonyl (C=O) groups excluding carboxylic acids is 1. The molecule has 0 bridgehead atoms. The minimum Gasteiger partial charge on any atom is -0.481 e. The van der Waals surface area contributed by atoms with Crippen molar-refractivity contribution in [3.8, 4) is 0 Å². The fourth-order valence-corrected chi connectivity index (χ4v) is 3.23. The van der Waals surface area contributed by atoms with Gasteiger partial charge in [0.2, 0.25) is 5.91 Å². The van der Waals surface area contributed by atoms with E-state index in [4.69, 9.17) is 5.11 Å². The Labute approximate surface area is 132 Å². The summed E-state index contributed by atoms with van der Waals surface area (Å²) in [5.41, 5.74) is 1.09. The maximum atomic E-state index is 12.8. The Morgan fingerprint density at radius 2 is 1.86 bits per heavy atom. The maximum absolute atomic E-state index is 12.8. The van der Waals surface area contributed by atoms with Crippen LogP contribution in [-0.4, -0.2) is 35.0 Å². The van der Waals surface area contributed by atoms with Gasteiger partial charge in [-0.3, -0.25) is 9.59 Å². The number of amides is 1. The molecule has 4 nitrogen and oxygen atoms in total. The second kappa shape index (κ2) is 7.97. The molecule has 120 valence electrons. The van der Waals surface area contributed by atoms with Crippen molar-refractivity contribution in [3.05, 3.63) is 35.9 Å². The van der Waals surface area contributed by atoms with E-state index in [1.165, 1.54) is 0 Å². The van der Waals surface area contributed by atoms with Crippen LogP contribution in [0.2, 0.25) is 0 Å². The van der Waals surface area contributed by atoms with Crippen LogP contribution in [0.15, 0.2) is 30.3 Å². The van der Waals surface area contributed by atoms with Gasteiger partial charge in [0, 0.05) is 19.5 Å². The van der Waals surface area contributed by atoms with Gasteiger partial charge in [0.15, 0.2) is 0 Å². The first kappa shape index (κ1) is 16.5. The summed E-state index contributed by atoms with van der Waals surface area (Å²) < 4.78 is 0. The van der Waals surface area contributed by atoms with Crippen molar-refractivity contribution >= 4 is 11.9 Å². The van der Waals surface area contributed by atoms with Crippen molar-refractivity contribution in [1.29, 1.82) is 0 Å². The van der Waals surface area contributed by atoms with Gasteiger partial charge in [-0.2, -0.15) is 0 Å². The van der Waals surface area contributed by atoms with Crippen molar-refractivity contribution in [2.45, 2.75) is 44.9 Å². The highest BCUT2D eigenvalue weighted by Crippen LogP contribution is 2.27. The average Bonchev–Trinajstić information content (AvgIpc) is 2.53. The molecule has 1 aliphatic rings. The molecule has 22 heavy (non-hydrogen) atoms. The third-order valence-electron chi connectivity index (χ3n) is 4.47. The van der Waals surface area contributed by atoms with Gasteiger partial charge in [0.25, 0.3) is 0 Å². The Bertz CT molecular complexity index is 492. The Balaban J connectivity index is 1.99. The average molecular weight is 303 g/mol. The zero-order chi connectivity index (χ0) is 15.9. The van der Waals surface area contributed by atoms with Crippen LogP contribution in [0.3, 0.4) is 0 Å². The highest BCUT2D eigenvalue weighted by atomic mass is 16.4. The van der Waals surface area contributed by atoms with E-state index in [9.17, 15) is 9.59 Å². The topological polar surface area (TPSA) is 57.6 Å². The fraction of sp³-hybridized carbons (Fsp3) is 0.556. The lowest BCUT2D eigenvalue weighted by Gasteiger charge is -2.34. The predicted molar refractivity (Wildman–Crippen MR) is 85.6 cm³/mol. The second-order valence-electron chi connectivity index (χ2n) is 6.12. The molecule has 1 aliphatic heterocycles. The summed E-state index contributed by atoms with van der Waals surface area (Å²) in [5, 5.41) is 8.87. The Hall–Kier alpha value is -1.84. The maximum Gasteiger partial charge on any atom is 0.303 e. The van der Waals surface area contributed by atoms with Crippen molar-refractivity contribution < 1.29 is 14.7 Å². The molecule has 1 atom stereocenters. The summed E-state index contributed by atoms with van der Waals surface area (Å²) in [4.78, 5) is 25.5. The lowest BCUT2D eigenvalue weighted by atomic mass is 9.90. The monoisotopic (exact) mass is 303 g/mol. The van der Waals surface area contributed by atoms with E-state index in [0.29, 0.717) is 13.1 Å². The SMILES string of the molecule is CCCC(C(=O)N1CCC(CC(=O)O)CC1)c1ccccc1. The number of benzene rings is 1. The first-order valence-electron chi connectivity index (χ1n) is 8.17. The van der Waals surface area contributed by atoms with E-state index in [-0.39, 0.29) is 24.2 Å². The number of piperidine rings is 1. The summed E-state index contributed by atoms with van der Waals surface area (Å²) in [6.07, 6.45) is 3.65.